The van der Waals surface area contributed by atoms with Crippen molar-refractivity contribution in [2.75, 3.05) is 0 Å². The van der Waals surface area contributed by atoms with Crippen LogP contribution in [0, 0.1) is 17.5 Å². The molecule has 1 aromatic rings. The molecule has 0 aliphatic rings. The topological polar surface area (TPSA) is 0 Å². The molecule has 0 saturated carbocycles. The van der Waals surface area contributed by atoms with Crippen LogP contribution in [0.4, 0.5) is 13.2 Å². The van der Waals surface area contributed by atoms with Crippen LogP contribution in [0.15, 0.2) is 6.07 Å². The van der Waals surface area contributed by atoms with Gasteiger partial charge >= 0.3 is 0 Å². The molecule has 1 rings (SSSR count). The van der Waals surface area contributed by atoms with E-state index in [1.807, 2.05) is 0 Å². The fraction of sp³-hybridized carbons (Fsp3) is 0.333. The van der Waals surface area contributed by atoms with E-state index in [-0.39, 0.29) is 16.8 Å². The Bertz CT molecular complexity index is 308. The highest BCUT2D eigenvalue weighted by Crippen LogP contribution is 2.21. The lowest BCUT2D eigenvalue weighted by Crippen LogP contribution is -2.13. The molecule has 0 nitrogen and oxygen atoms in total. The van der Waals surface area contributed by atoms with Crippen LogP contribution in [-0.4, -0.2) is 0 Å². The summed E-state index contributed by atoms with van der Waals surface area (Å²) in [6, 6.07) is 0.559. The van der Waals surface area contributed by atoms with Gasteiger partial charge < -0.3 is 0 Å². The molecule has 0 spiro atoms. The maximum atomic E-state index is 13.1. The summed E-state index contributed by atoms with van der Waals surface area (Å²) in [5, 5.41) is 0.105. The first kappa shape index (κ1) is 10.5. The van der Waals surface area contributed by atoms with Crippen molar-refractivity contribution in [3.63, 3.8) is 0 Å². The lowest BCUT2D eigenvalue weighted by atomic mass is 10.0. The van der Waals surface area contributed by atoms with Gasteiger partial charge in [-0.1, -0.05) is 13.8 Å². The Labute approximate surface area is 77.4 Å². The van der Waals surface area contributed by atoms with Gasteiger partial charge in [0, 0.05) is 16.9 Å². The molecule has 4 heteroatoms. The summed E-state index contributed by atoms with van der Waals surface area (Å²) in [7, 11) is 2.09. The van der Waals surface area contributed by atoms with Crippen molar-refractivity contribution in [1.82, 2.24) is 0 Å². The smallest absolute Gasteiger partial charge is 0.163 e. The van der Waals surface area contributed by atoms with Gasteiger partial charge in [0.1, 0.15) is 5.82 Å². The van der Waals surface area contributed by atoms with Crippen LogP contribution < -0.4 is 5.30 Å². The monoisotopic (exact) mass is 206 g/mol. The summed E-state index contributed by atoms with van der Waals surface area (Å²) in [5.41, 5.74) is 0.0856. The molecule has 0 fully saturated rings. The van der Waals surface area contributed by atoms with Gasteiger partial charge in [-0.2, -0.15) is 0 Å². The first-order chi connectivity index (χ1) is 5.95. The summed E-state index contributed by atoms with van der Waals surface area (Å²) in [4.78, 5) is 0. The van der Waals surface area contributed by atoms with Crippen LogP contribution in [0.25, 0.3) is 0 Å². The van der Waals surface area contributed by atoms with Gasteiger partial charge in [0.15, 0.2) is 11.6 Å². The number of hydrogen-bond donors (Lipinski definition) is 0. The van der Waals surface area contributed by atoms with E-state index in [1.165, 1.54) is 0 Å². The van der Waals surface area contributed by atoms with Crippen LogP contribution in [0.1, 0.15) is 25.3 Å². The van der Waals surface area contributed by atoms with Gasteiger partial charge in [-0.05, 0) is 5.92 Å². The fourth-order valence-electron chi connectivity index (χ4n) is 1.19. The normalized spacial score (nSPS) is 11.0. The number of benzene rings is 1. The molecular formula is C9H10F3P. The van der Waals surface area contributed by atoms with Crippen molar-refractivity contribution in [2.45, 2.75) is 19.8 Å². The second-order valence-corrected chi connectivity index (χ2v) is 3.71. The minimum Gasteiger partial charge on any atom is -0.206 e. The molecule has 0 radical (unpaired) electrons. The van der Waals surface area contributed by atoms with Gasteiger partial charge in [-0.15, -0.1) is 9.24 Å². The summed E-state index contributed by atoms with van der Waals surface area (Å²) in [6.07, 6.45) is 0. The Hall–Kier alpha value is -0.560. The second kappa shape index (κ2) is 3.67. The molecule has 0 saturated heterocycles. The minimum absolute atomic E-state index is 0.0856. The van der Waals surface area contributed by atoms with Gasteiger partial charge in [-0.25, -0.2) is 13.2 Å². The Morgan fingerprint density at radius 3 is 2.15 bits per heavy atom. The third-order valence-corrected chi connectivity index (χ3v) is 2.41. The first-order valence-electron chi connectivity index (χ1n) is 3.88. The van der Waals surface area contributed by atoms with E-state index in [0.717, 1.165) is 0 Å². The molecule has 0 aliphatic carbocycles. The second-order valence-electron chi connectivity index (χ2n) is 3.14. The third kappa shape index (κ3) is 1.86. The molecule has 72 valence electrons. The van der Waals surface area contributed by atoms with Crippen molar-refractivity contribution >= 4 is 14.5 Å². The van der Waals surface area contributed by atoms with E-state index in [9.17, 15) is 13.2 Å². The van der Waals surface area contributed by atoms with E-state index in [2.05, 4.69) is 9.24 Å². The average Bonchev–Trinajstić information content (AvgIpc) is 2.01. The molecule has 1 atom stereocenters. The molecule has 0 aliphatic heterocycles. The standard InChI is InChI=1S/C9H10F3P/c1-4(2)7-8(12)5(10)3-6(11)9(7)13/h3-4H,13H2,1-2H3. The van der Waals surface area contributed by atoms with Crippen LogP contribution in [0.5, 0.6) is 0 Å². The highest BCUT2D eigenvalue weighted by atomic mass is 31.0. The molecule has 0 aromatic heterocycles. The molecule has 13 heavy (non-hydrogen) atoms. The highest BCUT2D eigenvalue weighted by Gasteiger charge is 2.17. The van der Waals surface area contributed by atoms with E-state index < -0.39 is 17.5 Å². The maximum Gasteiger partial charge on any atom is 0.163 e. The van der Waals surface area contributed by atoms with Crippen LogP contribution in [-0.2, 0) is 0 Å². The molecule has 0 heterocycles. The van der Waals surface area contributed by atoms with E-state index >= 15 is 0 Å². The molecular weight excluding hydrogens is 196 g/mol. The summed E-state index contributed by atoms with van der Waals surface area (Å²) < 4.78 is 38.8. The predicted octanol–water partition coefficient (Wildman–Crippen LogP) is 2.73. The predicted molar refractivity (Wildman–Crippen MR) is 49.7 cm³/mol. The molecule has 1 aromatic carbocycles. The van der Waals surface area contributed by atoms with E-state index in [0.29, 0.717) is 6.07 Å². The van der Waals surface area contributed by atoms with Gasteiger partial charge in [0.05, 0.1) is 0 Å². The summed E-state index contributed by atoms with van der Waals surface area (Å²) in [6.45, 7) is 3.37. The highest BCUT2D eigenvalue weighted by molar-refractivity contribution is 7.27. The van der Waals surface area contributed by atoms with Crippen LogP contribution >= 0.6 is 9.24 Å². The Balaban J connectivity index is 3.46. The first-order valence-corrected chi connectivity index (χ1v) is 4.45. The Kier molecular flexibility index (Phi) is 2.97. The zero-order valence-corrected chi connectivity index (χ0v) is 8.52. The Morgan fingerprint density at radius 2 is 1.69 bits per heavy atom. The van der Waals surface area contributed by atoms with Crippen molar-refractivity contribution in [2.24, 2.45) is 0 Å². The zero-order chi connectivity index (χ0) is 10.2. The minimum atomic E-state index is -1.13. The van der Waals surface area contributed by atoms with Crippen molar-refractivity contribution in [1.29, 1.82) is 0 Å². The Morgan fingerprint density at radius 1 is 1.15 bits per heavy atom. The summed E-state index contributed by atoms with van der Waals surface area (Å²) >= 11 is 0. The van der Waals surface area contributed by atoms with Gasteiger partial charge in [0.2, 0.25) is 0 Å². The van der Waals surface area contributed by atoms with Gasteiger partial charge in [0.25, 0.3) is 0 Å². The number of rotatable bonds is 1. The zero-order valence-electron chi connectivity index (χ0n) is 7.37. The van der Waals surface area contributed by atoms with Crippen molar-refractivity contribution in [3.05, 3.63) is 29.1 Å². The molecule has 1 unspecified atom stereocenters. The van der Waals surface area contributed by atoms with Crippen molar-refractivity contribution < 1.29 is 13.2 Å². The van der Waals surface area contributed by atoms with E-state index in [1.54, 1.807) is 13.8 Å². The van der Waals surface area contributed by atoms with Crippen LogP contribution in [0.3, 0.4) is 0 Å². The third-order valence-electron chi connectivity index (χ3n) is 1.82. The number of halogens is 3. The molecule has 0 N–H and O–H groups in total. The van der Waals surface area contributed by atoms with Crippen molar-refractivity contribution in [3.8, 4) is 0 Å². The fourth-order valence-corrected chi connectivity index (χ4v) is 1.74. The van der Waals surface area contributed by atoms with Crippen LogP contribution in [0.2, 0.25) is 0 Å². The SMILES string of the molecule is CC(C)c1c(F)c(F)cc(F)c1P. The number of hydrogen-bond acceptors (Lipinski definition) is 0. The lowest BCUT2D eigenvalue weighted by Gasteiger charge is -2.11. The van der Waals surface area contributed by atoms with E-state index in [4.69, 9.17) is 0 Å². The average molecular weight is 206 g/mol. The maximum absolute atomic E-state index is 13.1. The molecule has 0 bridgehead atoms. The molecule has 0 amide bonds. The lowest BCUT2D eigenvalue weighted by molar-refractivity contribution is 0.483. The largest absolute Gasteiger partial charge is 0.206 e. The quantitative estimate of drug-likeness (QED) is 0.489. The van der Waals surface area contributed by atoms with Gasteiger partial charge in [-0.3, -0.25) is 0 Å². The summed E-state index contributed by atoms with van der Waals surface area (Å²) in [5.74, 6) is -3.06.